The maximum atomic E-state index is 13.1. The van der Waals surface area contributed by atoms with Gasteiger partial charge >= 0.3 is 5.97 Å². The molecule has 0 spiro atoms. The minimum atomic E-state index is -0.698. The van der Waals surface area contributed by atoms with E-state index in [2.05, 4.69) is 10.6 Å². The normalized spacial score (nSPS) is 15.1. The average molecular weight is 512 g/mol. The number of anilines is 2. The third-order valence-electron chi connectivity index (χ3n) is 6.10. The quantitative estimate of drug-likeness (QED) is 0.160. The van der Waals surface area contributed by atoms with E-state index in [9.17, 15) is 29.3 Å². The topological polar surface area (TPSA) is 148 Å². The molecule has 190 valence electrons. The largest absolute Gasteiger partial charge is 0.465 e. The Labute approximate surface area is 215 Å². The van der Waals surface area contributed by atoms with Gasteiger partial charge < -0.3 is 15.4 Å². The fourth-order valence-electron chi connectivity index (χ4n) is 4.39. The SMILES string of the molecule is CCOC(=O)CN1C(=O)c2ccc(N/C(=C3\C(=O)Nc4ccc([N+](=O)[O-])cc43)c3ccccc3)cc2C1=O. The van der Waals surface area contributed by atoms with Gasteiger partial charge in [-0.05, 0) is 36.8 Å². The molecule has 0 aliphatic carbocycles. The zero-order valence-electron chi connectivity index (χ0n) is 20.0. The number of rotatable bonds is 7. The average Bonchev–Trinajstić information content (AvgIpc) is 3.35. The molecule has 11 heteroatoms. The second-order valence-corrected chi connectivity index (χ2v) is 8.44. The van der Waals surface area contributed by atoms with Crippen LogP contribution in [0.5, 0.6) is 0 Å². The summed E-state index contributed by atoms with van der Waals surface area (Å²) in [4.78, 5) is 62.3. The molecule has 5 rings (SSSR count). The van der Waals surface area contributed by atoms with Gasteiger partial charge in [0.25, 0.3) is 23.4 Å². The van der Waals surface area contributed by atoms with Crippen molar-refractivity contribution in [3.8, 4) is 0 Å². The molecule has 0 saturated heterocycles. The molecule has 0 unspecified atom stereocenters. The number of amides is 3. The van der Waals surface area contributed by atoms with Crippen LogP contribution < -0.4 is 10.6 Å². The van der Waals surface area contributed by atoms with Crippen LogP contribution in [0.4, 0.5) is 17.1 Å². The van der Waals surface area contributed by atoms with Gasteiger partial charge in [0, 0.05) is 29.1 Å². The van der Waals surface area contributed by atoms with E-state index in [1.165, 1.54) is 30.3 Å². The Morgan fingerprint density at radius 2 is 1.71 bits per heavy atom. The monoisotopic (exact) mass is 512 g/mol. The number of hydrogen-bond donors (Lipinski definition) is 2. The number of nitro groups is 1. The maximum absolute atomic E-state index is 13.1. The number of imide groups is 1. The number of nitrogens with zero attached hydrogens (tertiary/aromatic N) is 2. The van der Waals surface area contributed by atoms with Crippen molar-refractivity contribution in [2.45, 2.75) is 6.92 Å². The van der Waals surface area contributed by atoms with Gasteiger partial charge in [-0.3, -0.25) is 34.2 Å². The van der Waals surface area contributed by atoms with Gasteiger partial charge in [0.15, 0.2) is 0 Å². The number of ether oxygens (including phenoxy) is 1. The molecular formula is C27H20N4O7. The summed E-state index contributed by atoms with van der Waals surface area (Å²) in [6.07, 6.45) is 0. The van der Waals surface area contributed by atoms with Crippen LogP contribution in [-0.2, 0) is 14.3 Å². The number of carbonyl (C=O) groups excluding carboxylic acids is 4. The van der Waals surface area contributed by atoms with E-state index in [1.54, 1.807) is 43.3 Å². The maximum Gasteiger partial charge on any atom is 0.326 e. The molecule has 2 aliphatic heterocycles. The van der Waals surface area contributed by atoms with Crippen molar-refractivity contribution in [1.82, 2.24) is 4.90 Å². The minimum absolute atomic E-state index is 0.0913. The van der Waals surface area contributed by atoms with E-state index < -0.39 is 35.2 Å². The van der Waals surface area contributed by atoms with Crippen molar-refractivity contribution in [3.05, 3.63) is 99.1 Å². The second kappa shape index (κ2) is 9.62. The van der Waals surface area contributed by atoms with Crippen LogP contribution in [0.2, 0.25) is 0 Å². The van der Waals surface area contributed by atoms with E-state index in [-0.39, 0.29) is 29.0 Å². The first-order valence-electron chi connectivity index (χ1n) is 11.6. The first kappa shape index (κ1) is 24.4. The Balaban J connectivity index is 1.57. The molecule has 3 aromatic rings. The number of hydrogen-bond acceptors (Lipinski definition) is 8. The summed E-state index contributed by atoms with van der Waals surface area (Å²) >= 11 is 0. The van der Waals surface area contributed by atoms with Crippen LogP contribution >= 0.6 is 0 Å². The van der Waals surface area contributed by atoms with E-state index in [4.69, 9.17) is 4.74 Å². The first-order valence-corrected chi connectivity index (χ1v) is 11.6. The minimum Gasteiger partial charge on any atom is -0.465 e. The zero-order chi connectivity index (χ0) is 27.0. The zero-order valence-corrected chi connectivity index (χ0v) is 20.0. The highest BCUT2D eigenvalue weighted by Gasteiger charge is 2.37. The van der Waals surface area contributed by atoms with Gasteiger partial charge in [0.2, 0.25) is 0 Å². The Kier molecular flexibility index (Phi) is 6.17. The van der Waals surface area contributed by atoms with Crippen molar-refractivity contribution >= 4 is 52.0 Å². The summed E-state index contributed by atoms with van der Waals surface area (Å²) in [7, 11) is 0. The molecule has 3 amide bonds. The second-order valence-electron chi connectivity index (χ2n) is 8.44. The number of esters is 1. The molecule has 0 fully saturated rings. The van der Waals surface area contributed by atoms with Crippen molar-refractivity contribution in [2.75, 3.05) is 23.8 Å². The lowest BCUT2D eigenvalue weighted by atomic mass is 9.99. The highest BCUT2D eigenvalue weighted by molar-refractivity contribution is 6.37. The molecule has 2 N–H and O–H groups in total. The van der Waals surface area contributed by atoms with Gasteiger partial charge in [-0.15, -0.1) is 0 Å². The lowest BCUT2D eigenvalue weighted by molar-refractivity contribution is -0.384. The molecule has 0 bridgehead atoms. The van der Waals surface area contributed by atoms with Gasteiger partial charge in [0.1, 0.15) is 6.54 Å². The summed E-state index contributed by atoms with van der Waals surface area (Å²) in [5.41, 5.74) is 2.37. The summed E-state index contributed by atoms with van der Waals surface area (Å²) in [5.74, 6) is -2.41. The van der Waals surface area contributed by atoms with Crippen molar-refractivity contribution < 1.29 is 28.8 Å². The smallest absolute Gasteiger partial charge is 0.326 e. The third-order valence-corrected chi connectivity index (χ3v) is 6.10. The van der Waals surface area contributed by atoms with Crippen molar-refractivity contribution in [1.29, 1.82) is 0 Å². The molecule has 0 atom stereocenters. The Bertz CT molecular complexity index is 1560. The highest BCUT2D eigenvalue weighted by Crippen LogP contribution is 2.39. The number of fused-ring (bicyclic) bond motifs is 2. The Hall–Kier alpha value is -5.32. The van der Waals surface area contributed by atoms with Crippen LogP contribution in [0.3, 0.4) is 0 Å². The standard InChI is InChI=1S/C27H20N4O7/c1-2-38-22(32)14-30-26(34)18-10-8-16(12-19(18)27(30)35)28-24(15-6-4-3-5-7-15)23-20-13-17(31(36)37)9-11-21(20)29-25(23)33/h3-13,28H,2,14H2,1H3,(H,29,33)/b24-23-. The van der Waals surface area contributed by atoms with Crippen LogP contribution in [0.15, 0.2) is 66.7 Å². The molecule has 3 aromatic carbocycles. The van der Waals surface area contributed by atoms with E-state index in [0.717, 1.165) is 4.90 Å². The molecule has 2 heterocycles. The van der Waals surface area contributed by atoms with Gasteiger partial charge in [-0.2, -0.15) is 0 Å². The number of carbonyl (C=O) groups is 4. The van der Waals surface area contributed by atoms with E-state index in [0.29, 0.717) is 28.2 Å². The molecule has 2 aliphatic rings. The fraction of sp³-hybridized carbons (Fsp3) is 0.111. The molecule has 0 radical (unpaired) electrons. The molecule has 0 saturated carbocycles. The Morgan fingerprint density at radius 3 is 2.42 bits per heavy atom. The fourth-order valence-corrected chi connectivity index (χ4v) is 4.39. The predicted molar refractivity (Wildman–Crippen MR) is 137 cm³/mol. The lowest BCUT2D eigenvalue weighted by Crippen LogP contribution is -2.35. The van der Waals surface area contributed by atoms with Crippen LogP contribution in [0.25, 0.3) is 11.3 Å². The van der Waals surface area contributed by atoms with Gasteiger partial charge in [-0.25, -0.2) is 0 Å². The number of non-ortho nitro benzene ring substituents is 1. The number of nitro benzene ring substituents is 1. The third kappa shape index (κ3) is 4.26. The van der Waals surface area contributed by atoms with Gasteiger partial charge in [0.05, 0.1) is 33.9 Å². The molecule has 11 nitrogen and oxygen atoms in total. The first-order chi connectivity index (χ1) is 18.3. The van der Waals surface area contributed by atoms with Crippen molar-refractivity contribution in [3.63, 3.8) is 0 Å². The number of benzene rings is 3. The Morgan fingerprint density at radius 1 is 0.974 bits per heavy atom. The number of nitrogens with one attached hydrogen (secondary N) is 2. The van der Waals surface area contributed by atoms with E-state index in [1.807, 2.05) is 0 Å². The van der Waals surface area contributed by atoms with Crippen molar-refractivity contribution in [2.24, 2.45) is 0 Å². The highest BCUT2D eigenvalue weighted by atomic mass is 16.6. The van der Waals surface area contributed by atoms with E-state index >= 15 is 0 Å². The summed E-state index contributed by atoms with van der Waals surface area (Å²) in [6.45, 7) is 1.24. The summed E-state index contributed by atoms with van der Waals surface area (Å²) in [6, 6.07) is 17.5. The summed E-state index contributed by atoms with van der Waals surface area (Å²) in [5, 5.41) is 17.3. The van der Waals surface area contributed by atoms with Gasteiger partial charge in [-0.1, -0.05) is 30.3 Å². The van der Waals surface area contributed by atoms with Crippen LogP contribution in [0.1, 0.15) is 38.8 Å². The molecule has 0 aromatic heterocycles. The van der Waals surface area contributed by atoms with Crippen LogP contribution in [-0.4, -0.2) is 46.7 Å². The van der Waals surface area contributed by atoms with Crippen LogP contribution in [0, 0.1) is 10.1 Å². The lowest BCUT2D eigenvalue weighted by Gasteiger charge is -2.15. The summed E-state index contributed by atoms with van der Waals surface area (Å²) < 4.78 is 4.86. The molecule has 38 heavy (non-hydrogen) atoms. The predicted octanol–water partition coefficient (Wildman–Crippen LogP) is 3.69. The molecular weight excluding hydrogens is 492 g/mol.